The van der Waals surface area contributed by atoms with E-state index in [4.69, 9.17) is 10.00 Å². The third-order valence-electron chi connectivity index (χ3n) is 5.00. The van der Waals surface area contributed by atoms with Crippen LogP contribution < -0.4 is 0 Å². The third kappa shape index (κ3) is 4.19. The minimum atomic E-state index is -0.704. The van der Waals surface area contributed by atoms with Crippen molar-refractivity contribution in [1.29, 1.82) is 5.26 Å². The van der Waals surface area contributed by atoms with Gasteiger partial charge >= 0.3 is 5.97 Å². The number of ether oxygens (including phenoxy) is 1. The first-order chi connectivity index (χ1) is 14.0. The third-order valence-corrected chi connectivity index (χ3v) is 5.00. The van der Waals surface area contributed by atoms with Gasteiger partial charge in [0.2, 0.25) is 5.91 Å². The predicted octanol–water partition coefficient (Wildman–Crippen LogP) is 4.05. The number of halogens is 1. The molecule has 1 aliphatic rings. The van der Waals surface area contributed by atoms with E-state index in [0.29, 0.717) is 16.8 Å². The molecule has 29 heavy (non-hydrogen) atoms. The maximum atomic E-state index is 14.4. The molecule has 1 amide bonds. The highest BCUT2D eigenvalue weighted by atomic mass is 19.1. The molecule has 0 saturated carbocycles. The summed E-state index contributed by atoms with van der Waals surface area (Å²) in [7, 11) is 0. The van der Waals surface area contributed by atoms with Crippen molar-refractivity contribution in [2.24, 2.45) is 0 Å². The van der Waals surface area contributed by atoms with Crippen LogP contribution in [0.1, 0.15) is 42.9 Å². The molecule has 1 heterocycles. The van der Waals surface area contributed by atoms with Gasteiger partial charge in [0.15, 0.2) is 0 Å². The molecule has 1 aliphatic heterocycles. The topological polar surface area (TPSA) is 70.4 Å². The first-order valence-electron chi connectivity index (χ1n) is 9.38. The zero-order valence-electron chi connectivity index (χ0n) is 16.3. The molecule has 0 N–H and O–H groups in total. The zero-order valence-corrected chi connectivity index (χ0v) is 16.3. The second kappa shape index (κ2) is 8.70. The van der Waals surface area contributed by atoms with Crippen molar-refractivity contribution < 1.29 is 18.7 Å². The van der Waals surface area contributed by atoms with Gasteiger partial charge in [0.1, 0.15) is 5.82 Å². The van der Waals surface area contributed by atoms with Crippen LogP contribution >= 0.6 is 0 Å². The summed E-state index contributed by atoms with van der Waals surface area (Å²) in [6.45, 7) is 3.77. The number of hydrogen-bond donors (Lipinski definition) is 0. The highest BCUT2D eigenvalue weighted by molar-refractivity contribution is 5.95. The summed E-state index contributed by atoms with van der Waals surface area (Å²) in [6, 6.07) is 15.2. The summed E-state index contributed by atoms with van der Waals surface area (Å²) >= 11 is 0. The Kier molecular flexibility index (Phi) is 6.08. The van der Waals surface area contributed by atoms with E-state index >= 15 is 0 Å². The van der Waals surface area contributed by atoms with Crippen molar-refractivity contribution in [3.63, 3.8) is 0 Å². The first kappa shape index (κ1) is 20.3. The molecule has 2 aromatic carbocycles. The van der Waals surface area contributed by atoms with E-state index in [9.17, 15) is 14.0 Å². The number of carbonyl (C=O) groups is 2. The molecule has 0 saturated heterocycles. The number of allylic oxidation sites excluding steroid dienone is 1. The molecule has 148 valence electrons. The van der Waals surface area contributed by atoms with E-state index in [1.54, 1.807) is 50.2 Å². The van der Waals surface area contributed by atoms with Gasteiger partial charge in [-0.3, -0.25) is 4.79 Å². The van der Waals surface area contributed by atoms with Crippen molar-refractivity contribution in [3.8, 4) is 6.07 Å². The highest BCUT2D eigenvalue weighted by Crippen LogP contribution is 2.38. The van der Waals surface area contributed by atoms with E-state index in [0.717, 1.165) is 5.56 Å². The van der Waals surface area contributed by atoms with Gasteiger partial charge in [-0.1, -0.05) is 30.3 Å². The van der Waals surface area contributed by atoms with Crippen LogP contribution in [0.2, 0.25) is 0 Å². The van der Waals surface area contributed by atoms with Crippen LogP contribution in [-0.2, 0) is 20.9 Å². The van der Waals surface area contributed by atoms with Crippen molar-refractivity contribution in [1.82, 2.24) is 4.90 Å². The van der Waals surface area contributed by atoms with E-state index in [2.05, 4.69) is 6.07 Å². The lowest BCUT2D eigenvalue weighted by atomic mass is 9.83. The quantitative estimate of drug-likeness (QED) is 0.720. The maximum Gasteiger partial charge on any atom is 0.336 e. The molecule has 0 fully saturated rings. The normalized spacial score (nSPS) is 16.6. The molecule has 0 aliphatic carbocycles. The molecule has 0 radical (unpaired) electrons. The molecule has 0 bridgehead atoms. The van der Waals surface area contributed by atoms with Crippen LogP contribution in [-0.4, -0.2) is 23.4 Å². The van der Waals surface area contributed by atoms with Crippen LogP contribution in [0.4, 0.5) is 4.39 Å². The van der Waals surface area contributed by atoms with Gasteiger partial charge in [-0.15, -0.1) is 0 Å². The lowest BCUT2D eigenvalue weighted by Gasteiger charge is -2.34. The van der Waals surface area contributed by atoms with Crippen molar-refractivity contribution >= 4 is 11.9 Å². The molecule has 1 atom stereocenters. The van der Waals surface area contributed by atoms with Gasteiger partial charge in [-0.2, -0.15) is 5.26 Å². The van der Waals surface area contributed by atoms with Crippen molar-refractivity contribution in [2.45, 2.75) is 32.7 Å². The van der Waals surface area contributed by atoms with Crippen LogP contribution in [0.25, 0.3) is 0 Å². The Morgan fingerprint density at radius 3 is 2.72 bits per heavy atom. The first-order valence-corrected chi connectivity index (χ1v) is 9.38. The van der Waals surface area contributed by atoms with E-state index in [1.165, 1.54) is 11.0 Å². The lowest BCUT2D eigenvalue weighted by molar-refractivity contribution is -0.140. The molecule has 2 aromatic rings. The summed E-state index contributed by atoms with van der Waals surface area (Å²) in [5, 5.41) is 9.10. The molecule has 1 unspecified atom stereocenters. The molecule has 0 aromatic heterocycles. The number of esters is 1. The molecule has 6 heteroatoms. The van der Waals surface area contributed by atoms with Crippen LogP contribution in [0.15, 0.2) is 59.8 Å². The Bertz CT molecular complexity index is 1020. The van der Waals surface area contributed by atoms with Gasteiger partial charge in [-0.25, -0.2) is 9.18 Å². The summed E-state index contributed by atoms with van der Waals surface area (Å²) in [4.78, 5) is 27.2. The second-order valence-corrected chi connectivity index (χ2v) is 6.79. The van der Waals surface area contributed by atoms with Crippen molar-refractivity contribution in [3.05, 3.63) is 82.3 Å². The minimum Gasteiger partial charge on any atom is -0.463 e. The minimum absolute atomic E-state index is 0.0373. The fourth-order valence-electron chi connectivity index (χ4n) is 3.62. The van der Waals surface area contributed by atoms with E-state index in [1.807, 2.05) is 6.07 Å². The number of amides is 1. The average Bonchev–Trinajstić information content (AvgIpc) is 2.71. The van der Waals surface area contributed by atoms with Gasteiger partial charge in [0.05, 0.1) is 30.4 Å². The Hall–Kier alpha value is -3.46. The van der Waals surface area contributed by atoms with E-state index in [-0.39, 0.29) is 31.1 Å². The van der Waals surface area contributed by atoms with Crippen LogP contribution in [0.3, 0.4) is 0 Å². The Morgan fingerprint density at radius 1 is 1.28 bits per heavy atom. The molecular formula is C23H21FN2O3. The summed E-state index contributed by atoms with van der Waals surface area (Å²) in [6.07, 6.45) is -0.0373. The number of nitriles is 1. The molecule has 3 rings (SSSR count). The summed E-state index contributed by atoms with van der Waals surface area (Å²) < 4.78 is 19.7. The fourth-order valence-corrected chi connectivity index (χ4v) is 3.62. The number of nitrogens with zero attached hydrogens (tertiary/aromatic N) is 2. The highest BCUT2D eigenvalue weighted by Gasteiger charge is 2.37. The number of benzene rings is 2. The average molecular weight is 392 g/mol. The van der Waals surface area contributed by atoms with Crippen LogP contribution in [0.5, 0.6) is 0 Å². The zero-order chi connectivity index (χ0) is 21.0. The summed E-state index contributed by atoms with van der Waals surface area (Å²) in [5.41, 5.74) is 2.28. The monoisotopic (exact) mass is 392 g/mol. The Balaban J connectivity index is 2.05. The molecule has 0 spiro atoms. The lowest BCUT2D eigenvalue weighted by Crippen LogP contribution is -2.38. The predicted molar refractivity (Wildman–Crippen MR) is 105 cm³/mol. The largest absolute Gasteiger partial charge is 0.463 e. The number of rotatable bonds is 5. The van der Waals surface area contributed by atoms with Gasteiger partial charge in [-0.05, 0) is 43.2 Å². The van der Waals surface area contributed by atoms with Gasteiger partial charge < -0.3 is 9.64 Å². The maximum absolute atomic E-state index is 14.4. The Morgan fingerprint density at radius 2 is 2.03 bits per heavy atom. The Labute approximate surface area is 169 Å². The molecular weight excluding hydrogens is 371 g/mol. The smallest absolute Gasteiger partial charge is 0.336 e. The SMILES string of the molecule is CCOC(=O)C1=C(C)N(Cc2cccc(C#N)c2)C(=O)CC1c1ccccc1F. The van der Waals surface area contributed by atoms with Gasteiger partial charge in [0, 0.05) is 18.0 Å². The van der Waals surface area contributed by atoms with Crippen molar-refractivity contribution in [2.75, 3.05) is 6.61 Å². The second-order valence-electron chi connectivity index (χ2n) is 6.79. The number of carbonyl (C=O) groups excluding carboxylic acids is 2. The summed E-state index contributed by atoms with van der Waals surface area (Å²) in [5.74, 6) is -1.94. The van der Waals surface area contributed by atoms with Gasteiger partial charge in [0.25, 0.3) is 0 Å². The number of hydrogen-bond acceptors (Lipinski definition) is 4. The van der Waals surface area contributed by atoms with E-state index < -0.39 is 17.7 Å². The fraction of sp³-hybridized carbons (Fsp3) is 0.261. The standard InChI is InChI=1S/C23H21FN2O3/c1-3-29-23(28)22-15(2)26(14-17-8-6-7-16(11-17)13-25)21(27)12-19(22)18-9-4-5-10-20(18)24/h4-11,19H,3,12,14H2,1-2H3. The van der Waals surface area contributed by atoms with Crippen LogP contribution in [0, 0.1) is 17.1 Å². The molecule has 5 nitrogen and oxygen atoms in total.